The molecule has 1 atom stereocenters. The van der Waals surface area contributed by atoms with Crippen LogP contribution in [0.1, 0.15) is 19.4 Å². The van der Waals surface area contributed by atoms with Gasteiger partial charge in [-0.25, -0.2) is 0 Å². The van der Waals surface area contributed by atoms with Crippen molar-refractivity contribution in [1.82, 2.24) is 10.6 Å². The number of benzene rings is 2. The molecule has 0 radical (unpaired) electrons. The molecule has 4 N–H and O–H groups in total. The summed E-state index contributed by atoms with van der Waals surface area (Å²) >= 11 is 0. The number of nitrogens with one attached hydrogen (secondary N) is 2. The minimum absolute atomic E-state index is 0. The number of nitrogens with two attached hydrogens (primary N) is 1. The number of carbonyl (C=O) groups excluding carboxylic acids is 2. The number of rotatable bonds is 8. The maximum absolute atomic E-state index is 12.0. The SMILES string of the molecule is CC(C)[C@H](N)C(=O)NCC(=O)NCc1ccccc1Oc1ccccc1.Cl. The average molecular weight is 392 g/mol. The standard InChI is InChI=1S/C20H25N3O3.ClH/c1-14(2)19(21)20(25)23-13-18(24)22-12-15-8-6-7-11-17(15)26-16-9-4-3-5-10-16;/h3-11,14,19H,12-13,21H2,1-2H3,(H,22,24)(H,23,25);1H/t19-;/m0./s1. The highest BCUT2D eigenvalue weighted by molar-refractivity contribution is 5.87. The van der Waals surface area contributed by atoms with Crippen molar-refractivity contribution >= 4 is 24.2 Å². The van der Waals surface area contributed by atoms with E-state index in [2.05, 4.69) is 10.6 Å². The van der Waals surface area contributed by atoms with Crippen LogP contribution in [0.15, 0.2) is 54.6 Å². The number of carbonyl (C=O) groups is 2. The van der Waals surface area contributed by atoms with Crippen molar-refractivity contribution in [3.05, 3.63) is 60.2 Å². The first kappa shape index (κ1) is 22.5. The third-order valence-electron chi connectivity index (χ3n) is 3.86. The molecule has 2 rings (SSSR count). The van der Waals surface area contributed by atoms with Crippen LogP contribution < -0.4 is 21.1 Å². The van der Waals surface area contributed by atoms with Crippen LogP contribution in [-0.2, 0) is 16.1 Å². The number of hydrogen-bond acceptors (Lipinski definition) is 4. The molecule has 0 heterocycles. The maximum atomic E-state index is 12.0. The van der Waals surface area contributed by atoms with E-state index >= 15 is 0 Å². The lowest BCUT2D eigenvalue weighted by Crippen LogP contribution is -2.47. The van der Waals surface area contributed by atoms with Gasteiger partial charge in [0.15, 0.2) is 0 Å². The summed E-state index contributed by atoms with van der Waals surface area (Å²) in [5, 5.41) is 5.32. The fraction of sp³-hybridized carbons (Fsp3) is 0.300. The van der Waals surface area contributed by atoms with E-state index in [1.54, 1.807) is 0 Å². The van der Waals surface area contributed by atoms with Gasteiger partial charge in [-0.3, -0.25) is 9.59 Å². The van der Waals surface area contributed by atoms with Crippen LogP contribution in [0.2, 0.25) is 0 Å². The normalized spacial score (nSPS) is 11.3. The second-order valence-electron chi connectivity index (χ2n) is 6.29. The summed E-state index contributed by atoms with van der Waals surface area (Å²) in [5.41, 5.74) is 6.59. The molecule has 0 fully saturated rings. The number of hydrogen-bond donors (Lipinski definition) is 3. The molecule has 2 aromatic rings. The summed E-state index contributed by atoms with van der Waals surface area (Å²) < 4.78 is 5.86. The molecule has 0 bridgehead atoms. The molecule has 2 aromatic carbocycles. The monoisotopic (exact) mass is 391 g/mol. The lowest BCUT2D eigenvalue weighted by atomic mass is 10.1. The van der Waals surface area contributed by atoms with E-state index < -0.39 is 6.04 Å². The van der Waals surface area contributed by atoms with Gasteiger partial charge in [0, 0.05) is 12.1 Å². The summed E-state index contributed by atoms with van der Waals surface area (Å²) in [5.74, 6) is 0.790. The Morgan fingerprint density at radius 2 is 1.63 bits per heavy atom. The minimum Gasteiger partial charge on any atom is -0.457 e. The molecule has 0 spiro atoms. The maximum Gasteiger partial charge on any atom is 0.239 e. The number of ether oxygens (including phenoxy) is 1. The molecule has 6 nitrogen and oxygen atoms in total. The molecule has 0 saturated heterocycles. The zero-order valence-electron chi connectivity index (χ0n) is 15.5. The topological polar surface area (TPSA) is 93.5 Å². The summed E-state index contributed by atoms with van der Waals surface area (Å²) in [7, 11) is 0. The molecule has 7 heteroatoms. The van der Waals surface area contributed by atoms with Crippen LogP contribution in [0.4, 0.5) is 0 Å². The fourth-order valence-corrected chi connectivity index (χ4v) is 2.21. The third kappa shape index (κ3) is 7.29. The average Bonchev–Trinajstić information content (AvgIpc) is 2.65. The smallest absolute Gasteiger partial charge is 0.239 e. The quantitative estimate of drug-likeness (QED) is 0.644. The Hall–Kier alpha value is -2.57. The van der Waals surface area contributed by atoms with Crippen molar-refractivity contribution < 1.29 is 14.3 Å². The first-order chi connectivity index (χ1) is 12.5. The fourth-order valence-electron chi connectivity index (χ4n) is 2.21. The van der Waals surface area contributed by atoms with Crippen molar-refractivity contribution in [2.45, 2.75) is 26.4 Å². The zero-order chi connectivity index (χ0) is 18.9. The van der Waals surface area contributed by atoms with Gasteiger partial charge in [0.1, 0.15) is 11.5 Å². The van der Waals surface area contributed by atoms with Gasteiger partial charge in [0.2, 0.25) is 11.8 Å². The predicted molar refractivity (Wildman–Crippen MR) is 108 cm³/mol. The van der Waals surface area contributed by atoms with Crippen LogP contribution in [0.25, 0.3) is 0 Å². The third-order valence-corrected chi connectivity index (χ3v) is 3.86. The van der Waals surface area contributed by atoms with Crippen LogP contribution >= 0.6 is 12.4 Å². The zero-order valence-corrected chi connectivity index (χ0v) is 16.3. The van der Waals surface area contributed by atoms with E-state index in [0.29, 0.717) is 12.3 Å². The molecule has 0 unspecified atom stereocenters. The van der Waals surface area contributed by atoms with E-state index in [0.717, 1.165) is 11.3 Å². The van der Waals surface area contributed by atoms with Crippen LogP contribution in [0, 0.1) is 5.92 Å². The number of halogens is 1. The van der Waals surface area contributed by atoms with Gasteiger partial charge < -0.3 is 21.1 Å². The van der Waals surface area contributed by atoms with Crippen LogP contribution in [0.3, 0.4) is 0 Å². The lowest BCUT2D eigenvalue weighted by Gasteiger charge is -2.15. The molecule has 27 heavy (non-hydrogen) atoms. The highest BCUT2D eigenvalue weighted by atomic mass is 35.5. The van der Waals surface area contributed by atoms with Crippen LogP contribution in [0.5, 0.6) is 11.5 Å². The van der Waals surface area contributed by atoms with E-state index in [1.807, 2.05) is 68.4 Å². The van der Waals surface area contributed by atoms with Gasteiger partial charge in [-0.15, -0.1) is 12.4 Å². The number of amides is 2. The molecule has 0 aromatic heterocycles. The van der Waals surface area contributed by atoms with Gasteiger partial charge in [-0.1, -0.05) is 50.2 Å². The molecule has 146 valence electrons. The second-order valence-corrected chi connectivity index (χ2v) is 6.29. The summed E-state index contributed by atoms with van der Waals surface area (Å²) in [6, 6.07) is 16.3. The van der Waals surface area contributed by atoms with Gasteiger partial charge in [0.25, 0.3) is 0 Å². The second kappa shape index (κ2) is 11.2. The van der Waals surface area contributed by atoms with Crippen molar-refractivity contribution in [2.24, 2.45) is 11.7 Å². The lowest BCUT2D eigenvalue weighted by molar-refractivity contribution is -0.127. The Morgan fingerprint density at radius 3 is 2.30 bits per heavy atom. The van der Waals surface area contributed by atoms with Crippen molar-refractivity contribution in [1.29, 1.82) is 0 Å². The largest absolute Gasteiger partial charge is 0.457 e. The molecule has 0 aliphatic rings. The number of para-hydroxylation sites is 2. The summed E-state index contributed by atoms with van der Waals surface area (Å²) in [6.07, 6.45) is 0. The van der Waals surface area contributed by atoms with Crippen molar-refractivity contribution in [2.75, 3.05) is 6.54 Å². The van der Waals surface area contributed by atoms with Gasteiger partial charge >= 0.3 is 0 Å². The van der Waals surface area contributed by atoms with Gasteiger partial charge in [0.05, 0.1) is 12.6 Å². The summed E-state index contributed by atoms with van der Waals surface area (Å²) in [4.78, 5) is 23.8. The van der Waals surface area contributed by atoms with E-state index in [1.165, 1.54) is 0 Å². The molecule has 0 aliphatic carbocycles. The van der Waals surface area contributed by atoms with E-state index in [9.17, 15) is 9.59 Å². The van der Waals surface area contributed by atoms with Gasteiger partial charge in [-0.2, -0.15) is 0 Å². The van der Waals surface area contributed by atoms with Crippen LogP contribution in [-0.4, -0.2) is 24.4 Å². The molecular formula is C20H26ClN3O3. The Balaban J connectivity index is 0.00000364. The predicted octanol–water partition coefficient (Wildman–Crippen LogP) is 2.62. The first-order valence-corrected chi connectivity index (χ1v) is 8.58. The molecular weight excluding hydrogens is 366 g/mol. The Labute approximate surface area is 165 Å². The van der Waals surface area contributed by atoms with E-state index in [-0.39, 0.29) is 36.7 Å². The van der Waals surface area contributed by atoms with Crippen molar-refractivity contribution in [3.8, 4) is 11.5 Å². The molecule has 2 amide bonds. The Morgan fingerprint density at radius 1 is 1.00 bits per heavy atom. The van der Waals surface area contributed by atoms with Gasteiger partial charge in [-0.05, 0) is 24.1 Å². The molecule has 0 aliphatic heterocycles. The Kier molecular flexibility index (Phi) is 9.33. The summed E-state index contributed by atoms with van der Waals surface area (Å²) in [6.45, 7) is 3.90. The van der Waals surface area contributed by atoms with Crippen molar-refractivity contribution in [3.63, 3.8) is 0 Å². The first-order valence-electron chi connectivity index (χ1n) is 8.58. The van der Waals surface area contributed by atoms with E-state index in [4.69, 9.17) is 10.5 Å². The highest BCUT2D eigenvalue weighted by Gasteiger charge is 2.17. The Bertz CT molecular complexity index is 738. The minimum atomic E-state index is -0.622. The molecule has 0 saturated carbocycles. The highest BCUT2D eigenvalue weighted by Crippen LogP contribution is 2.24.